The topological polar surface area (TPSA) is 46.1 Å². The second-order valence-corrected chi connectivity index (χ2v) is 2.79. The quantitative estimate of drug-likeness (QED) is 0.428. The Morgan fingerprint density at radius 2 is 2.58 bits per heavy atom. The normalized spacial score (nSPS) is 9.83. The highest BCUT2D eigenvalue weighted by Gasteiger charge is 2.12. The van der Waals surface area contributed by atoms with Crippen LogP contribution in [-0.4, -0.2) is 21.7 Å². The van der Waals surface area contributed by atoms with Crippen LogP contribution in [0.2, 0.25) is 0 Å². The lowest BCUT2D eigenvalue weighted by molar-refractivity contribution is -0.425. The molecule has 0 N–H and O–H groups in total. The summed E-state index contributed by atoms with van der Waals surface area (Å²) < 4.78 is 6.00. The Hall–Kier alpha value is -1.10. The molecule has 12 heavy (non-hydrogen) atoms. The summed E-state index contributed by atoms with van der Waals surface area (Å²) in [5.41, 5.74) is 0.671. The number of hydrogen-bond acceptors (Lipinski definition) is 3. The lowest BCUT2D eigenvalue weighted by Gasteiger charge is -1.88. The molecule has 0 aromatic carbocycles. The first-order valence-corrected chi connectivity index (χ1v) is 3.77. The molecule has 0 aliphatic carbocycles. The zero-order valence-corrected chi connectivity index (χ0v) is 7.54. The molecule has 1 amide bonds. The van der Waals surface area contributed by atoms with Gasteiger partial charge in [0, 0.05) is 6.07 Å². The first-order valence-electron chi connectivity index (χ1n) is 3.33. The van der Waals surface area contributed by atoms with Gasteiger partial charge in [-0.15, -0.1) is 0 Å². The van der Waals surface area contributed by atoms with Gasteiger partial charge in [0.1, 0.15) is 18.2 Å². The first kappa shape index (κ1) is 8.99. The summed E-state index contributed by atoms with van der Waals surface area (Å²) in [7, 11) is 0. The maximum atomic E-state index is 10.6. The highest BCUT2D eigenvalue weighted by Crippen LogP contribution is 2.03. The largest absolute Gasteiger partial charge is 0.445 e. The van der Waals surface area contributed by atoms with Gasteiger partial charge >= 0.3 is 5.24 Å². The first-order chi connectivity index (χ1) is 5.59. The predicted octanol–water partition coefficient (Wildman–Crippen LogP) is 1.25. The van der Waals surface area contributed by atoms with Crippen molar-refractivity contribution < 1.29 is 13.9 Å². The van der Waals surface area contributed by atoms with Gasteiger partial charge in [0.2, 0.25) is 0 Å². The van der Waals surface area contributed by atoms with E-state index in [2.05, 4.69) is 24.5 Å². The van der Waals surface area contributed by atoms with Crippen molar-refractivity contribution >= 4 is 24.6 Å². The Bertz CT molecular complexity index is 319. The molecule has 0 bridgehead atoms. The van der Waals surface area contributed by atoms with Gasteiger partial charge in [-0.2, -0.15) is 4.58 Å². The molecule has 1 heterocycles. The van der Waals surface area contributed by atoms with E-state index in [1.54, 1.807) is 13.0 Å². The molecule has 0 spiro atoms. The smallest absolute Gasteiger partial charge is 0.361 e. The number of nitrogens with zero attached hydrogens (tertiary/aromatic N) is 2. The standard InChI is InChI=1S/C7H8N2O2S/c1-5-3-6(8-11-5)4-9(2)7(10)12/h3H,2,4H2,1H3/p+1. The summed E-state index contributed by atoms with van der Waals surface area (Å²) >= 11 is 3.60. The maximum Gasteiger partial charge on any atom is 0.445 e. The fraction of sp³-hybridized carbons (Fsp3) is 0.286. The van der Waals surface area contributed by atoms with Crippen LogP contribution in [0, 0.1) is 6.92 Å². The third kappa shape index (κ3) is 2.20. The number of aryl methyl sites for hydroxylation is 1. The number of carbonyl (C=O) groups excluding carboxylic acids is 1. The van der Waals surface area contributed by atoms with Crippen molar-refractivity contribution in [2.45, 2.75) is 13.5 Å². The minimum absolute atomic E-state index is 0.319. The minimum Gasteiger partial charge on any atom is -0.361 e. The second-order valence-electron chi connectivity index (χ2n) is 2.41. The number of thiol groups is 1. The van der Waals surface area contributed by atoms with Gasteiger partial charge in [-0.3, -0.25) is 0 Å². The molecule has 0 aliphatic rings. The molecule has 0 atom stereocenters. The van der Waals surface area contributed by atoms with E-state index in [0.29, 0.717) is 18.0 Å². The van der Waals surface area contributed by atoms with Gasteiger partial charge in [-0.1, -0.05) is 5.16 Å². The van der Waals surface area contributed by atoms with Crippen molar-refractivity contribution in [3.63, 3.8) is 0 Å². The fourth-order valence-electron chi connectivity index (χ4n) is 0.756. The Morgan fingerprint density at radius 1 is 1.92 bits per heavy atom. The minimum atomic E-state index is -0.393. The van der Waals surface area contributed by atoms with Crippen LogP contribution in [0.1, 0.15) is 11.5 Å². The lowest BCUT2D eigenvalue weighted by Crippen LogP contribution is -2.11. The molecule has 0 saturated carbocycles. The van der Waals surface area contributed by atoms with Crippen molar-refractivity contribution in [1.29, 1.82) is 0 Å². The fourth-order valence-corrected chi connectivity index (χ4v) is 0.826. The Kier molecular flexibility index (Phi) is 2.65. The van der Waals surface area contributed by atoms with E-state index >= 15 is 0 Å². The molecule has 64 valence electrons. The molecule has 0 saturated heterocycles. The molecule has 1 aromatic heterocycles. The van der Waals surface area contributed by atoms with Crippen molar-refractivity contribution in [2.24, 2.45) is 0 Å². The van der Waals surface area contributed by atoms with Crippen LogP contribution in [0.4, 0.5) is 4.79 Å². The molecule has 0 unspecified atom stereocenters. The van der Waals surface area contributed by atoms with Crippen LogP contribution in [0.5, 0.6) is 0 Å². The van der Waals surface area contributed by atoms with E-state index in [1.807, 2.05) is 0 Å². The second kappa shape index (κ2) is 3.53. The summed E-state index contributed by atoms with van der Waals surface area (Å²) in [6.07, 6.45) is 0. The van der Waals surface area contributed by atoms with E-state index in [1.165, 1.54) is 4.58 Å². The van der Waals surface area contributed by atoms with E-state index in [9.17, 15) is 4.79 Å². The number of aromatic nitrogens is 1. The van der Waals surface area contributed by atoms with Crippen LogP contribution in [-0.2, 0) is 6.54 Å². The van der Waals surface area contributed by atoms with E-state index < -0.39 is 5.24 Å². The Balaban J connectivity index is 2.64. The SMILES string of the molecule is C=[N+](Cc1cc(C)on1)C(=O)S. The summed E-state index contributed by atoms with van der Waals surface area (Å²) in [5.74, 6) is 0.713. The van der Waals surface area contributed by atoms with Gasteiger partial charge in [0.15, 0.2) is 6.54 Å². The monoisotopic (exact) mass is 185 g/mol. The Labute approximate surface area is 75.3 Å². The molecular weight excluding hydrogens is 176 g/mol. The molecule has 5 heteroatoms. The van der Waals surface area contributed by atoms with Gasteiger partial charge in [-0.05, 0) is 19.6 Å². The molecule has 0 aliphatic heterocycles. The molecular formula is C7H9N2O2S+. The van der Waals surface area contributed by atoms with Crippen molar-refractivity contribution in [3.8, 4) is 0 Å². The highest BCUT2D eigenvalue weighted by molar-refractivity contribution is 7.96. The molecule has 1 aromatic rings. The van der Waals surface area contributed by atoms with E-state index in [4.69, 9.17) is 4.52 Å². The summed E-state index contributed by atoms with van der Waals surface area (Å²) in [6, 6.07) is 1.74. The van der Waals surface area contributed by atoms with Crippen LogP contribution >= 0.6 is 12.6 Å². The highest BCUT2D eigenvalue weighted by atomic mass is 32.1. The average molecular weight is 185 g/mol. The van der Waals surface area contributed by atoms with Crippen molar-refractivity contribution in [2.75, 3.05) is 0 Å². The Morgan fingerprint density at radius 3 is 3.00 bits per heavy atom. The van der Waals surface area contributed by atoms with E-state index in [0.717, 1.165) is 0 Å². The third-order valence-corrected chi connectivity index (χ3v) is 1.58. The van der Waals surface area contributed by atoms with E-state index in [-0.39, 0.29) is 0 Å². The van der Waals surface area contributed by atoms with Crippen LogP contribution in [0.15, 0.2) is 10.6 Å². The lowest BCUT2D eigenvalue weighted by atomic mass is 10.4. The van der Waals surface area contributed by atoms with Gasteiger partial charge < -0.3 is 4.52 Å². The maximum absolute atomic E-state index is 10.6. The predicted molar refractivity (Wildman–Crippen MR) is 46.7 cm³/mol. The molecule has 1 rings (SSSR count). The van der Waals surface area contributed by atoms with Gasteiger partial charge in [-0.25, -0.2) is 4.79 Å². The van der Waals surface area contributed by atoms with Crippen molar-refractivity contribution in [1.82, 2.24) is 5.16 Å². The number of amides is 1. The summed E-state index contributed by atoms with van der Waals surface area (Å²) in [4.78, 5) is 10.6. The van der Waals surface area contributed by atoms with Crippen molar-refractivity contribution in [3.05, 3.63) is 17.5 Å². The number of hydrogen-bond donors (Lipinski definition) is 1. The third-order valence-electron chi connectivity index (χ3n) is 1.30. The zero-order chi connectivity index (χ0) is 9.14. The summed E-state index contributed by atoms with van der Waals surface area (Å²) in [5, 5.41) is 3.30. The van der Waals surface area contributed by atoms with Crippen LogP contribution < -0.4 is 0 Å². The average Bonchev–Trinajstić information content (AvgIpc) is 2.35. The molecule has 0 radical (unpaired) electrons. The summed E-state index contributed by atoms with van der Waals surface area (Å²) in [6.45, 7) is 5.57. The van der Waals surface area contributed by atoms with Gasteiger partial charge in [0.05, 0.1) is 0 Å². The number of carbonyl (C=O) groups is 1. The van der Waals surface area contributed by atoms with Crippen LogP contribution in [0.3, 0.4) is 0 Å². The van der Waals surface area contributed by atoms with Crippen LogP contribution in [0.25, 0.3) is 0 Å². The number of rotatable bonds is 2. The zero-order valence-electron chi connectivity index (χ0n) is 6.65. The molecule has 0 fully saturated rings. The van der Waals surface area contributed by atoms with Gasteiger partial charge in [0.25, 0.3) is 0 Å². The molecule has 4 nitrogen and oxygen atoms in total.